The van der Waals surface area contributed by atoms with Crippen molar-refractivity contribution >= 4 is 44.4 Å². The van der Waals surface area contributed by atoms with Gasteiger partial charge in [-0.1, -0.05) is 12.1 Å². The maximum Gasteiger partial charge on any atom is 0.272 e. The Morgan fingerprint density at radius 1 is 1.08 bits per heavy atom. The smallest absolute Gasteiger partial charge is 0.272 e. The number of carbonyl (C=O) groups is 1. The van der Waals surface area contributed by atoms with Crippen LogP contribution in [0.4, 0.5) is 5.82 Å². The number of anilines is 1. The number of rotatable bonds is 2. The van der Waals surface area contributed by atoms with E-state index in [9.17, 15) is 4.79 Å². The number of carbonyl (C=O) groups excluding carboxylic acids is 1. The van der Waals surface area contributed by atoms with Crippen LogP contribution in [0.3, 0.4) is 0 Å². The molecule has 0 aliphatic carbocycles. The SMILES string of the molecule is O=C(c1ccc2cn[nH]c2n1)N1CCN(c2nsc3ccccc23)CC1. The van der Waals surface area contributed by atoms with Gasteiger partial charge in [0.2, 0.25) is 0 Å². The van der Waals surface area contributed by atoms with E-state index in [1.165, 1.54) is 21.6 Å². The van der Waals surface area contributed by atoms with E-state index in [1.54, 1.807) is 12.3 Å². The van der Waals surface area contributed by atoms with E-state index in [0.29, 0.717) is 24.4 Å². The van der Waals surface area contributed by atoms with E-state index >= 15 is 0 Å². The van der Waals surface area contributed by atoms with Gasteiger partial charge in [0.1, 0.15) is 11.5 Å². The van der Waals surface area contributed by atoms with Crippen molar-refractivity contribution in [2.45, 2.75) is 0 Å². The predicted octanol–water partition coefficient (Wildman–Crippen LogP) is 2.53. The molecular weight excluding hydrogens is 348 g/mol. The minimum absolute atomic E-state index is 0.0377. The average Bonchev–Trinajstić information content (AvgIpc) is 3.34. The van der Waals surface area contributed by atoms with Crippen LogP contribution in [0.25, 0.3) is 21.1 Å². The number of piperazine rings is 1. The number of H-pyrrole nitrogens is 1. The minimum atomic E-state index is -0.0377. The van der Waals surface area contributed by atoms with Crippen LogP contribution in [-0.4, -0.2) is 56.5 Å². The highest BCUT2D eigenvalue weighted by atomic mass is 32.1. The summed E-state index contributed by atoms with van der Waals surface area (Å²) in [6.45, 7) is 2.86. The highest BCUT2D eigenvalue weighted by molar-refractivity contribution is 7.13. The van der Waals surface area contributed by atoms with Gasteiger partial charge in [-0.05, 0) is 35.8 Å². The molecule has 7 nitrogen and oxygen atoms in total. The molecule has 1 aromatic carbocycles. The molecule has 26 heavy (non-hydrogen) atoms. The standard InChI is InChI=1S/C18H16N6OS/c25-18(14-6-5-12-11-19-21-16(12)20-14)24-9-7-23(8-10-24)17-13-3-1-2-4-15(13)26-22-17/h1-6,11H,7-10H2,(H,19,20,21). The lowest BCUT2D eigenvalue weighted by atomic mass is 10.2. The second-order valence-corrected chi connectivity index (χ2v) is 7.09. The van der Waals surface area contributed by atoms with Crippen molar-refractivity contribution < 1.29 is 4.79 Å². The van der Waals surface area contributed by atoms with Gasteiger partial charge in [-0.25, -0.2) is 4.98 Å². The van der Waals surface area contributed by atoms with E-state index in [0.717, 1.165) is 24.3 Å². The summed E-state index contributed by atoms with van der Waals surface area (Å²) in [5.41, 5.74) is 1.10. The lowest BCUT2D eigenvalue weighted by Crippen LogP contribution is -2.49. The van der Waals surface area contributed by atoms with E-state index in [4.69, 9.17) is 0 Å². The highest BCUT2D eigenvalue weighted by Crippen LogP contribution is 2.29. The Labute approximate surface area is 153 Å². The zero-order valence-corrected chi connectivity index (χ0v) is 14.7. The number of fused-ring (bicyclic) bond motifs is 2. The number of nitrogens with zero attached hydrogens (tertiary/aromatic N) is 5. The van der Waals surface area contributed by atoms with Crippen LogP contribution in [0.1, 0.15) is 10.5 Å². The second-order valence-electron chi connectivity index (χ2n) is 6.29. The normalized spacial score (nSPS) is 15.1. The van der Waals surface area contributed by atoms with Gasteiger partial charge < -0.3 is 9.80 Å². The van der Waals surface area contributed by atoms with E-state index < -0.39 is 0 Å². The summed E-state index contributed by atoms with van der Waals surface area (Å²) in [5, 5.41) is 8.85. The zero-order chi connectivity index (χ0) is 17.5. The maximum atomic E-state index is 12.8. The van der Waals surface area contributed by atoms with E-state index in [2.05, 4.69) is 36.6 Å². The molecule has 5 rings (SSSR count). The van der Waals surface area contributed by atoms with Gasteiger partial charge in [-0.2, -0.15) is 9.47 Å². The van der Waals surface area contributed by atoms with Crippen molar-refractivity contribution in [2.75, 3.05) is 31.1 Å². The molecule has 0 saturated carbocycles. The summed E-state index contributed by atoms with van der Waals surface area (Å²) in [4.78, 5) is 21.3. The van der Waals surface area contributed by atoms with Crippen LogP contribution in [0.15, 0.2) is 42.6 Å². The van der Waals surface area contributed by atoms with Crippen LogP contribution in [0, 0.1) is 0 Å². The Morgan fingerprint density at radius 2 is 1.92 bits per heavy atom. The molecule has 4 heterocycles. The van der Waals surface area contributed by atoms with Crippen molar-refractivity contribution in [1.29, 1.82) is 0 Å². The third kappa shape index (κ3) is 2.50. The Kier molecular flexibility index (Phi) is 3.56. The van der Waals surface area contributed by atoms with Crippen molar-refractivity contribution in [3.8, 4) is 0 Å². The highest BCUT2D eigenvalue weighted by Gasteiger charge is 2.25. The van der Waals surface area contributed by atoms with E-state index in [1.807, 2.05) is 23.1 Å². The number of hydrogen-bond donors (Lipinski definition) is 1. The maximum absolute atomic E-state index is 12.8. The molecule has 0 spiro atoms. The fourth-order valence-electron chi connectivity index (χ4n) is 3.33. The molecular formula is C18H16N6OS. The van der Waals surface area contributed by atoms with Crippen molar-refractivity contribution in [3.63, 3.8) is 0 Å². The summed E-state index contributed by atoms with van der Waals surface area (Å²) >= 11 is 1.52. The number of aromatic amines is 1. The molecule has 1 fully saturated rings. The van der Waals surface area contributed by atoms with Gasteiger partial charge in [0.15, 0.2) is 5.65 Å². The van der Waals surface area contributed by atoms with Crippen molar-refractivity contribution in [3.05, 3.63) is 48.3 Å². The average molecular weight is 364 g/mol. The molecule has 1 aliphatic heterocycles. The van der Waals surface area contributed by atoms with Crippen LogP contribution in [0.5, 0.6) is 0 Å². The lowest BCUT2D eigenvalue weighted by Gasteiger charge is -2.34. The fourth-order valence-corrected chi connectivity index (χ4v) is 4.13. The first-order valence-electron chi connectivity index (χ1n) is 8.48. The molecule has 1 amide bonds. The zero-order valence-electron chi connectivity index (χ0n) is 13.9. The van der Waals surface area contributed by atoms with Crippen LogP contribution < -0.4 is 4.90 Å². The minimum Gasteiger partial charge on any atom is -0.352 e. The molecule has 1 N–H and O–H groups in total. The van der Waals surface area contributed by atoms with Crippen molar-refractivity contribution in [2.24, 2.45) is 0 Å². The largest absolute Gasteiger partial charge is 0.352 e. The molecule has 4 aromatic rings. The molecule has 1 aliphatic rings. The van der Waals surface area contributed by atoms with Crippen LogP contribution in [-0.2, 0) is 0 Å². The van der Waals surface area contributed by atoms with Gasteiger partial charge in [0.25, 0.3) is 5.91 Å². The summed E-state index contributed by atoms with van der Waals surface area (Å²) in [5.74, 6) is 0.985. The summed E-state index contributed by atoms with van der Waals surface area (Å²) < 4.78 is 5.81. The number of nitrogens with one attached hydrogen (secondary N) is 1. The summed E-state index contributed by atoms with van der Waals surface area (Å²) in [7, 11) is 0. The number of aromatic nitrogens is 4. The molecule has 1 saturated heterocycles. The molecule has 0 radical (unpaired) electrons. The predicted molar refractivity (Wildman–Crippen MR) is 102 cm³/mol. The molecule has 0 unspecified atom stereocenters. The second kappa shape index (κ2) is 6.06. The molecule has 0 atom stereocenters. The quantitative estimate of drug-likeness (QED) is 0.591. The van der Waals surface area contributed by atoms with Gasteiger partial charge in [0, 0.05) is 37.0 Å². The number of benzene rings is 1. The Bertz CT molecular complexity index is 1100. The lowest BCUT2D eigenvalue weighted by molar-refractivity contribution is 0.0741. The topological polar surface area (TPSA) is 78.0 Å². The molecule has 130 valence electrons. The molecule has 0 bridgehead atoms. The van der Waals surface area contributed by atoms with Crippen LogP contribution >= 0.6 is 11.5 Å². The monoisotopic (exact) mass is 364 g/mol. The first-order chi connectivity index (χ1) is 12.8. The summed E-state index contributed by atoms with van der Waals surface area (Å²) in [6.07, 6.45) is 1.70. The van der Waals surface area contributed by atoms with Gasteiger partial charge >= 0.3 is 0 Å². The third-order valence-electron chi connectivity index (χ3n) is 4.74. The van der Waals surface area contributed by atoms with Gasteiger partial charge in [0.05, 0.1) is 10.9 Å². The number of pyridine rings is 1. The van der Waals surface area contributed by atoms with Gasteiger partial charge in [-0.3, -0.25) is 9.89 Å². The Hall–Kier alpha value is -3.00. The van der Waals surface area contributed by atoms with Gasteiger partial charge in [-0.15, -0.1) is 0 Å². The first-order valence-corrected chi connectivity index (χ1v) is 9.26. The molecule has 8 heteroatoms. The third-order valence-corrected chi connectivity index (χ3v) is 5.56. The number of amides is 1. The Balaban J connectivity index is 1.32. The van der Waals surface area contributed by atoms with Crippen molar-refractivity contribution in [1.82, 2.24) is 24.5 Å². The van der Waals surface area contributed by atoms with Crippen LogP contribution in [0.2, 0.25) is 0 Å². The summed E-state index contributed by atoms with van der Waals surface area (Å²) in [6, 6.07) is 11.9. The first kappa shape index (κ1) is 15.3. The fraction of sp³-hybridized carbons (Fsp3) is 0.222. The molecule has 3 aromatic heterocycles. The Morgan fingerprint density at radius 3 is 2.81 bits per heavy atom. The number of hydrogen-bond acceptors (Lipinski definition) is 6. The van der Waals surface area contributed by atoms with E-state index in [-0.39, 0.29) is 5.91 Å².